The van der Waals surface area contributed by atoms with E-state index in [4.69, 9.17) is 5.11 Å². The van der Waals surface area contributed by atoms with Crippen LogP contribution in [0.5, 0.6) is 11.5 Å². The Hall–Kier alpha value is -2.08. The van der Waals surface area contributed by atoms with E-state index in [-0.39, 0.29) is 31.3 Å². The molecule has 2 rings (SSSR count). The van der Waals surface area contributed by atoms with Gasteiger partial charge in [-0.2, -0.15) is 0 Å². The molecule has 0 saturated carbocycles. The Bertz CT molecular complexity index is 612. The lowest BCUT2D eigenvalue weighted by Crippen LogP contribution is -1.98. The summed E-state index contributed by atoms with van der Waals surface area (Å²) in [7, 11) is 0. The van der Waals surface area contributed by atoms with Crippen molar-refractivity contribution in [3.8, 4) is 11.5 Å². The van der Waals surface area contributed by atoms with E-state index in [1.807, 2.05) is 0 Å². The number of benzene rings is 2. The van der Waals surface area contributed by atoms with Crippen LogP contribution in [0.1, 0.15) is 27.8 Å². The van der Waals surface area contributed by atoms with E-state index in [2.05, 4.69) is 0 Å². The maximum atomic E-state index is 10.0. The van der Waals surface area contributed by atoms with Crippen molar-refractivity contribution in [1.29, 1.82) is 0 Å². The molecule has 0 bridgehead atoms. The zero-order valence-electron chi connectivity index (χ0n) is 11.5. The zero-order chi connectivity index (χ0) is 15.4. The fourth-order valence-corrected chi connectivity index (χ4v) is 2.31. The van der Waals surface area contributed by atoms with Gasteiger partial charge in [-0.05, 0) is 23.3 Å². The largest absolute Gasteiger partial charge is 0.507 e. The average molecular weight is 290 g/mol. The first-order valence-corrected chi connectivity index (χ1v) is 6.56. The van der Waals surface area contributed by atoms with Crippen LogP contribution < -0.4 is 0 Å². The molecule has 0 heterocycles. The highest BCUT2D eigenvalue weighted by molar-refractivity contribution is 5.47. The Morgan fingerprint density at radius 1 is 0.667 bits per heavy atom. The third kappa shape index (κ3) is 3.16. The molecule has 0 aromatic heterocycles. The SMILES string of the molecule is OCc1cc(Cc2cccc(CO)c2O)cc(CO)c1O. The molecule has 112 valence electrons. The summed E-state index contributed by atoms with van der Waals surface area (Å²) in [5, 5.41) is 47.5. The molecule has 2 aromatic rings. The highest BCUT2D eigenvalue weighted by Crippen LogP contribution is 2.29. The molecule has 2 aromatic carbocycles. The lowest BCUT2D eigenvalue weighted by molar-refractivity contribution is 0.263. The highest BCUT2D eigenvalue weighted by atomic mass is 16.3. The van der Waals surface area contributed by atoms with E-state index >= 15 is 0 Å². The number of hydrogen-bond donors (Lipinski definition) is 5. The van der Waals surface area contributed by atoms with Crippen LogP contribution >= 0.6 is 0 Å². The summed E-state index contributed by atoms with van der Waals surface area (Å²) in [6.45, 7) is -0.927. The van der Waals surface area contributed by atoms with Gasteiger partial charge in [-0.25, -0.2) is 0 Å². The van der Waals surface area contributed by atoms with Crippen molar-refractivity contribution in [2.24, 2.45) is 0 Å². The second-order valence-corrected chi connectivity index (χ2v) is 4.84. The van der Waals surface area contributed by atoms with Gasteiger partial charge in [0.15, 0.2) is 0 Å². The molecule has 5 nitrogen and oxygen atoms in total. The number of phenols is 2. The molecule has 5 N–H and O–H groups in total. The molecular formula is C16H18O5. The average Bonchev–Trinajstić information content (AvgIpc) is 2.50. The Kier molecular flexibility index (Phi) is 4.80. The van der Waals surface area contributed by atoms with Gasteiger partial charge in [0.25, 0.3) is 0 Å². The van der Waals surface area contributed by atoms with Crippen LogP contribution in [-0.4, -0.2) is 25.5 Å². The quantitative estimate of drug-likeness (QED) is 0.569. The molecular weight excluding hydrogens is 272 g/mol. The van der Waals surface area contributed by atoms with Crippen LogP contribution in [0.15, 0.2) is 30.3 Å². The molecule has 0 aliphatic heterocycles. The molecule has 0 aliphatic carbocycles. The lowest BCUT2D eigenvalue weighted by Gasteiger charge is -2.12. The van der Waals surface area contributed by atoms with E-state index in [1.165, 1.54) is 0 Å². The second kappa shape index (κ2) is 6.58. The van der Waals surface area contributed by atoms with E-state index in [1.54, 1.807) is 30.3 Å². The maximum Gasteiger partial charge on any atom is 0.126 e. The van der Waals surface area contributed by atoms with E-state index in [0.717, 1.165) is 5.56 Å². The first-order chi connectivity index (χ1) is 10.1. The van der Waals surface area contributed by atoms with Gasteiger partial charge < -0.3 is 25.5 Å². The van der Waals surface area contributed by atoms with Crippen LogP contribution in [-0.2, 0) is 26.2 Å². The van der Waals surface area contributed by atoms with Crippen LogP contribution in [0.4, 0.5) is 0 Å². The van der Waals surface area contributed by atoms with Gasteiger partial charge in [-0.3, -0.25) is 0 Å². The van der Waals surface area contributed by atoms with Crippen molar-refractivity contribution in [3.05, 3.63) is 58.1 Å². The standard InChI is InChI=1S/C16H18O5/c17-7-12-3-1-2-11(15(12)20)4-10-5-13(8-18)16(21)14(6-10)9-19/h1-3,5-6,17-21H,4,7-9H2. The number of aliphatic hydroxyl groups is 3. The molecule has 0 amide bonds. The van der Waals surface area contributed by atoms with Gasteiger partial charge >= 0.3 is 0 Å². The Labute approximate surface area is 122 Å². The van der Waals surface area contributed by atoms with Gasteiger partial charge in [0, 0.05) is 23.1 Å². The van der Waals surface area contributed by atoms with Crippen molar-refractivity contribution in [3.63, 3.8) is 0 Å². The molecule has 21 heavy (non-hydrogen) atoms. The fraction of sp³-hybridized carbons (Fsp3) is 0.250. The molecule has 0 atom stereocenters. The number of para-hydroxylation sites is 1. The van der Waals surface area contributed by atoms with Gasteiger partial charge in [-0.15, -0.1) is 0 Å². The number of hydrogen-bond acceptors (Lipinski definition) is 5. The highest BCUT2D eigenvalue weighted by Gasteiger charge is 2.12. The summed E-state index contributed by atoms with van der Waals surface area (Å²) in [6, 6.07) is 8.35. The molecule has 0 aliphatic rings. The minimum atomic E-state index is -0.338. The summed E-state index contributed by atoms with van der Waals surface area (Å²) >= 11 is 0. The first-order valence-electron chi connectivity index (χ1n) is 6.56. The minimum absolute atomic E-state index is 0.0316. The summed E-state index contributed by atoms with van der Waals surface area (Å²) in [6.07, 6.45) is 0.361. The van der Waals surface area contributed by atoms with Gasteiger partial charge in [0.05, 0.1) is 19.8 Å². The van der Waals surface area contributed by atoms with Crippen molar-refractivity contribution in [2.45, 2.75) is 26.2 Å². The maximum absolute atomic E-state index is 10.0. The topological polar surface area (TPSA) is 101 Å². The predicted molar refractivity (Wildman–Crippen MR) is 76.8 cm³/mol. The molecule has 0 saturated heterocycles. The normalized spacial score (nSPS) is 10.8. The third-order valence-corrected chi connectivity index (χ3v) is 3.44. The Morgan fingerprint density at radius 3 is 1.67 bits per heavy atom. The van der Waals surface area contributed by atoms with Crippen LogP contribution in [0.25, 0.3) is 0 Å². The minimum Gasteiger partial charge on any atom is -0.507 e. The monoisotopic (exact) mass is 290 g/mol. The summed E-state index contributed by atoms with van der Waals surface area (Å²) in [5.41, 5.74) is 2.46. The number of aliphatic hydroxyl groups excluding tert-OH is 3. The van der Waals surface area contributed by atoms with Crippen molar-refractivity contribution >= 4 is 0 Å². The van der Waals surface area contributed by atoms with Gasteiger partial charge in [-0.1, -0.05) is 18.2 Å². The number of aromatic hydroxyl groups is 2. The Morgan fingerprint density at radius 2 is 1.14 bits per heavy atom. The third-order valence-electron chi connectivity index (χ3n) is 3.44. The Balaban J connectivity index is 2.40. The van der Waals surface area contributed by atoms with E-state index in [9.17, 15) is 20.4 Å². The predicted octanol–water partition coefficient (Wildman–Crippen LogP) is 1.17. The van der Waals surface area contributed by atoms with E-state index in [0.29, 0.717) is 28.7 Å². The molecule has 0 radical (unpaired) electrons. The summed E-state index contributed by atoms with van der Waals surface area (Å²) in [4.78, 5) is 0. The van der Waals surface area contributed by atoms with Gasteiger partial charge in [0.1, 0.15) is 11.5 Å². The van der Waals surface area contributed by atoms with Crippen molar-refractivity contribution in [1.82, 2.24) is 0 Å². The van der Waals surface area contributed by atoms with Crippen molar-refractivity contribution in [2.75, 3.05) is 0 Å². The second-order valence-electron chi connectivity index (χ2n) is 4.84. The smallest absolute Gasteiger partial charge is 0.126 e. The molecule has 0 unspecified atom stereocenters. The van der Waals surface area contributed by atoms with Gasteiger partial charge in [0.2, 0.25) is 0 Å². The van der Waals surface area contributed by atoms with Crippen LogP contribution in [0, 0.1) is 0 Å². The lowest BCUT2D eigenvalue weighted by atomic mass is 9.97. The zero-order valence-corrected chi connectivity index (χ0v) is 11.5. The van der Waals surface area contributed by atoms with E-state index < -0.39 is 0 Å². The molecule has 0 fully saturated rings. The summed E-state index contributed by atoms with van der Waals surface area (Å²) in [5.74, 6) is -0.0822. The van der Waals surface area contributed by atoms with Crippen LogP contribution in [0.2, 0.25) is 0 Å². The fourth-order valence-electron chi connectivity index (χ4n) is 2.31. The van der Waals surface area contributed by atoms with Crippen LogP contribution in [0.3, 0.4) is 0 Å². The van der Waals surface area contributed by atoms with Crippen molar-refractivity contribution < 1.29 is 25.5 Å². The first kappa shape index (κ1) is 15.3. The number of rotatable bonds is 5. The molecule has 0 spiro atoms. The summed E-state index contributed by atoms with van der Waals surface area (Å²) < 4.78 is 0. The molecule has 5 heteroatoms.